The van der Waals surface area contributed by atoms with Gasteiger partial charge in [0.05, 0.1) is 10.3 Å². The Kier molecular flexibility index (Phi) is 7.52. The number of amides is 1. The first-order valence-corrected chi connectivity index (χ1v) is 12.4. The normalized spacial score (nSPS) is 12.1. The molecule has 1 amide bonds. The quantitative estimate of drug-likeness (QED) is 0.205. The van der Waals surface area contributed by atoms with Crippen LogP contribution in [-0.2, 0) is 0 Å². The van der Waals surface area contributed by atoms with Crippen molar-refractivity contribution in [1.29, 1.82) is 0 Å². The second-order valence-corrected chi connectivity index (χ2v) is 10.3. The molecule has 0 spiro atoms. The maximum Gasteiger partial charge on any atom is 0.255 e. The SMILES string of the molecule is O=C(NCCCC(Sc1nc2ncccc2s1)c1c(Cl)cccc1Cl)c1ccccc1O. The predicted octanol–water partition coefficient (Wildman–Crippen LogP) is 6.75. The fourth-order valence-electron chi connectivity index (χ4n) is 3.25. The van der Waals surface area contributed by atoms with Crippen LogP contribution in [0.2, 0.25) is 10.0 Å². The van der Waals surface area contributed by atoms with Gasteiger partial charge < -0.3 is 10.4 Å². The van der Waals surface area contributed by atoms with Gasteiger partial charge >= 0.3 is 0 Å². The van der Waals surface area contributed by atoms with Crippen LogP contribution in [0.25, 0.3) is 10.3 Å². The third kappa shape index (κ3) is 5.35. The topological polar surface area (TPSA) is 75.1 Å². The first kappa shape index (κ1) is 22.9. The van der Waals surface area contributed by atoms with Crippen molar-refractivity contribution in [2.45, 2.75) is 22.4 Å². The van der Waals surface area contributed by atoms with Crippen molar-refractivity contribution in [3.05, 3.63) is 82.0 Å². The number of nitrogens with zero attached hydrogens (tertiary/aromatic N) is 2. The van der Waals surface area contributed by atoms with E-state index in [2.05, 4.69) is 15.3 Å². The van der Waals surface area contributed by atoms with Crippen molar-refractivity contribution in [2.75, 3.05) is 6.54 Å². The minimum atomic E-state index is -0.305. The summed E-state index contributed by atoms with van der Waals surface area (Å²) in [6, 6.07) is 15.9. The lowest BCUT2D eigenvalue weighted by atomic mass is 10.1. The van der Waals surface area contributed by atoms with Crippen molar-refractivity contribution < 1.29 is 9.90 Å². The molecule has 2 aromatic carbocycles. The number of benzene rings is 2. The third-order valence-electron chi connectivity index (χ3n) is 4.79. The summed E-state index contributed by atoms with van der Waals surface area (Å²) in [5.74, 6) is -0.342. The maximum atomic E-state index is 12.3. The van der Waals surface area contributed by atoms with Crippen LogP contribution in [0.5, 0.6) is 5.75 Å². The summed E-state index contributed by atoms with van der Waals surface area (Å²) in [7, 11) is 0. The second kappa shape index (κ2) is 10.5. The average Bonchev–Trinajstić information content (AvgIpc) is 3.19. The number of para-hydroxylation sites is 1. The molecule has 9 heteroatoms. The first-order valence-electron chi connectivity index (χ1n) is 9.91. The highest BCUT2D eigenvalue weighted by Crippen LogP contribution is 2.45. The summed E-state index contributed by atoms with van der Waals surface area (Å²) in [6.45, 7) is 0.452. The lowest BCUT2D eigenvalue weighted by molar-refractivity contribution is 0.0950. The molecule has 4 rings (SSSR count). The van der Waals surface area contributed by atoms with Crippen LogP contribution in [0.1, 0.15) is 34.0 Å². The number of halogens is 2. The maximum absolute atomic E-state index is 12.3. The summed E-state index contributed by atoms with van der Waals surface area (Å²) in [5, 5.41) is 13.9. The van der Waals surface area contributed by atoms with Gasteiger partial charge in [0.1, 0.15) is 5.75 Å². The van der Waals surface area contributed by atoms with E-state index < -0.39 is 0 Å². The summed E-state index contributed by atoms with van der Waals surface area (Å²) in [4.78, 5) is 21.3. The Hall–Kier alpha value is -2.32. The number of pyridine rings is 1. The fourth-order valence-corrected chi connectivity index (χ4v) is 6.55. The van der Waals surface area contributed by atoms with E-state index in [9.17, 15) is 9.90 Å². The van der Waals surface area contributed by atoms with E-state index in [1.807, 2.05) is 30.3 Å². The van der Waals surface area contributed by atoms with Gasteiger partial charge in [0.2, 0.25) is 0 Å². The molecule has 2 aromatic heterocycles. The summed E-state index contributed by atoms with van der Waals surface area (Å²) in [5.41, 5.74) is 1.84. The summed E-state index contributed by atoms with van der Waals surface area (Å²) >= 11 is 16.2. The number of rotatable bonds is 8. The Labute approximate surface area is 203 Å². The van der Waals surface area contributed by atoms with Crippen LogP contribution in [0.15, 0.2) is 65.1 Å². The molecule has 1 unspecified atom stereocenters. The zero-order chi connectivity index (χ0) is 22.5. The molecule has 0 saturated heterocycles. The van der Waals surface area contributed by atoms with Crippen molar-refractivity contribution in [2.24, 2.45) is 0 Å². The zero-order valence-electron chi connectivity index (χ0n) is 16.8. The molecule has 1 atom stereocenters. The lowest BCUT2D eigenvalue weighted by Crippen LogP contribution is -2.24. The third-order valence-corrected chi connectivity index (χ3v) is 7.84. The molecule has 0 aliphatic carbocycles. The molecule has 2 heterocycles. The molecule has 0 radical (unpaired) electrons. The number of phenolic OH excluding ortho intramolecular Hbond substituents is 1. The minimum absolute atomic E-state index is 0.0364. The number of aromatic hydroxyl groups is 1. The Morgan fingerprint density at radius 1 is 1.09 bits per heavy atom. The van der Waals surface area contributed by atoms with Gasteiger partial charge in [0.25, 0.3) is 5.91 Å². The van der Waals surface area contributed by atoms with E-state index in [-0.39, 0.29) is 22.5 Å². The Morgan fingerprint density at radius 2 is 1.88 bits per heavy atom. The first-order chi connectivity index (χ1) is 15.5. The highest BCUT2D eigenvalue weighted by molar-refractivity contribution is 8.01. The Morgan fingerprint density at radius 3 is 2.62 bits per heavy atom. The number of thioether (sulfide) groups is 1. The van der Waals surface area contributed by atoms with Crippen molar-refractivity contribution in [3.63, 3.8) is 0 Å². The van der Waals surface area contributed by atoms with Crippen LogP contribution in [0.4, 0.5) is 0 Å². The smallest absolute Gasteiger partial charge is 0.255 e. The van der Waals surface area contributed by atoms with Gasteiger partial charge in [-0.15, -0.1) is 11.3 Å². The standard InChI is InChI=1S/C23H19Cl2N3O2S2/c24-15-7-3-8-16(25)20(15)18(31-23-28-21-19(32-23)11-5-12-26-21)10-4-13-27-22(30)14-6-1-2-9-17(14)29/h1-3,5-9,11-12,18,29H,4,10,13H2,(H,27,30). The van der Waals surface area contributed by atoms with Crippen LogP contribution in [0.3, 0.4) is 0 Å². The number of hydrogen-bond donors (Lipinski definition) is 2. The molecule has 5 nitrogen and oxygen atoms in total. The van der Waals surface area contributed by atoms with E-state index >= 15 is 0 Å². The van der Waals surface area contributed by atoms with Gasteiger partial charge in [-0.1, -0.05) is 53.2 Å². The van der Waals surface area contributed by atoms with Crippen molar-refractivity contribution in [3.8, 4) is 5.75 Å². The molecule has 0 bridgehead atoms. The molecule has 164 valence electrons. The highest BCUT2D eigenvalue weighted by Gasteiger charge is 2.21. The number of carbonyl (C=O) groups excluding carboxylic acids is 1. The van der Waals surface area contributed by atoms with Crippen LogP contribution in [-0.4, -0.2) is 27.5 Å². The van der Waals surface area contributed by atoms with E-state index in [0.29, 0.717) is 23.0 Å². The lowest BCUT2D eigenvalue weighted by Gasteiger charge is -2.18. The minimum Gasteiger partial charge on any atom is -0.507 e. The number of hydrogen-bond acceptors (Lipinski definition) is 6. The van der Waals surface area contributed by atoms with Crippen LogP contribution >= 0.6 is 46.3 Å². The largest absolute Gasteiger partial charge is 0.507 e. The van der Waals surface area contributed by atoms with Crippen LogP contribution < -0.4 is 5.32 Å². The Balaban J connectivity index is 1.47. The number of thiazole rings is 1. The predicted molar refractivity (Wildman–Crippen MR) is 132 cm³/mol. The number of aromatic nitrogens is 2. The van der Waals surface area contributed by atoms with E-state index in [0.717, 1.165) is 26.7 Å². The van der Waals surface area contributed by atoms with Crippen molar-refractivity contribution >= 4 is 62.6 Å². The average molecular weight is 504 g/mol. The zero-order valence-corrected chi connectivity index (χ0v) is 19.9. The van der Waals surface area contributed by atoms with Gasteiger partial charge in [-0.25, -0.2) is 9.97 Å². The molecule has 0 fully saturated rings. The number of nitrogens with one attached hydrogen (secondary N) is 1. The molecular weight excluding hydrogens is 485 g/mol. The summed E-state index contributed by atoms with van der Waals surface area (Å²) < 4.78 is 1.91. The summed E-state index contributed by atoms with van der Waals surface area (Å²) in [6.07, 6.45) is 3.15. The molecule has 2 N–H and O–H groups in total. The van der Waals surface area contributed by atoms with Crippen molar-refractivity contribution in [1.82, 2.24) is 15.3 Å². The molecule has 0 saturated carbocycles. The molecule has 32 heavy (non-hydrogen) atoms. The fraction of sp³-hybridized carbons (Fsp3) is 0.174. The van der Waals surface area contributed by atoms with Gasteiger partial charge in [-0.2, -0.15) is 0 Å². The van der Waals surface area contributed by atoms with E-state index in [1.165, 1.54) is 6.07 Å². The molecule has 0 aliphatic heterocycles. The second-order valence-electron chi connectivity index (χ2n) is 6.96. The van der Waals surface area contributed by atoms with E-state index in [4.69, 9.17) is 23.2 Å². The molecule has 4 aromatic rings. The molecular formula is C23H19Cl2N3O2S2. The van der Waals surface area contributed by atoms with Gasteiger partial charge in [-0.05, 0) is 49.2 Å². The monoisotopic (exact) mass is 503 g/mol. The van der Waals surface area contributed by atoms with Gasteiger partial charge in [0, 0.05) is 33.6 Å². The number of phenols is 1. The number of fused-ring (bicyclic) bond motifs is 1. The molecule has 0 aliphatic rings. The Bertz CT molecular complexity index is 1200. The highest BCUT2D eigenvalue weighted by atomic mass is 35.5. The van der Waals surface area contributed by atoms with E-state index in [1.54, 1.807) is 47.5 Å². The van der Waals surface area contributed by atoms with Gasteiger partial charge in [-0.3, -0.25) is 4.79 Å². The van der Waals surface area contributed by atoms with Crippen LogP contribution in [0, 0.1) is 0 Å². The van der Waals surface area contributed by atoms with Gasteiger partial charge in [0.15, 0.2) is 9.99 Å². The number of carbonyl (C=O) groups is 1.